The van der Waals surface area contributed by atoms with E-state index in [4.69, 9.17) is 0 Å². The lowest BCUT2D eigenvalue weighted by atomic mass is 10.6. The van der Waals surface area contributed by atoms with Crippen molar-refractivity contribution in [3.63, 3.8) is 0 Å². The Kier molecular flexibility index (Phi) is 2.65. The van der Waals surface area contributed by atoms with Crippen LogP contribution >= 0.6 is 15.9 Å². The number of allylic oxidation sites excluding steroid dienone is 1. The molecule has 1 rings (SSSR count). The van der Waals surface area contributed by atoms with Gasteiger partial charge in [0.05, 0.1) is 6.20 Å². The van der Waals surface area contributed by atoms with Gasteiger partial charge in [-0.15, -0.1) is 0 Å². The predicted molar refractivity (Wildman–Crippen MR) is 51.0 cm³/mol. The lowest BCUT2D eigenvalue weighted by Gasteiger charge is -1.96. The molecule has 0 aromatic carbocycles. The van der Waals surface area contributed by atoms with Gasteiger partial charge in [-0.05, 0) is 28.9 Å². The highest BCUT2D eigenvalue weighted by molar-refractivity contribution is 9.10. The molecule has 0 amide bonds. The largest absolute Gasteiger partial charge is 0.295 e. The highest BCUT2D eigenvalue weighted by Crippen LogP contribution is 2.13. The Labute approximate surface area is 74.4 Å². The van der Waals surface area contributed by atoms with Gasteiger partial charge >= 0.3 is 0 Å². The molecule has 1 aromatic heterocycles. The summed E-state index contributed by atoms with van der Waals surface area (Å²) in [5.74, 6) is 0.843. The SMILES string of the molecule is C=Cc1ncc(Br)n1/C=C\C. The van der Waals surface area contributed by atoms with E-state index < -0.39 is 0 Å². The molecule has 3 heteroatoms. The summed E-state index contributed by atoms with van der Waals surface area (Å²) >= 11 is 3.36. The molecule has 0 aliphatic carbocycles. The third-order valence-corrected chi connectivity index (χ3v) is 1.85. The Bertz CT molecular complexity index is 286. The lowest BCUT2D eigenvalue weighted by molar-refractivity contribution is 1.08. The first-order valence-corrected chi connectivity index (χ1v) is 4.07. The van der Waals surface area contributed by atoms with Crippen LogP contribution in [-0.2, 0) is 0 Å². The van der Waals surface area contributed by atoms with Gasteiger partial charge in [0.1, 0.15) is 10.4 Å². The molecule has 0 saturated carbocycles. The van der Waals surface area contributed by atoms with Gasteiger partial charge in [0.2, 0.25) is 0 Å². The van der Waals surface area contributed by atoms with E-state index in [1.807, 2.05) is 23.8 Å². The molecule has 0 aliphatic heterocycles. The molecule has 0 bridgehead atoms. The van der Waals surface area contributed by atoms with Crippen LogP contribution < -0.4 is 0 Å². The van der Waals surface area contributed by atoms with Crippen LogP contribution in [0.5, 0.6) is 0 Å². The fraction of sp³-hybridized carbons (Fsp3) is 0.125. The first-order valence-electron chi connectivity index (χ1n) is 3.27. The van der Waals surface area contributed by atoms with Crippen LogP contribution in [0.4, 0.5) is 0 Å². The molecule has 1 aromatic rings. The summed E-state index contributed by atoms with van der Waals surface area (Å²) in [6, 6.07) is 0. The fourth-order valence-corrected chi connectivity index (χ4v) is 1.20. The number of aromatic nitrogens is 2. The monoisotopic (exact) mass is 212 g/mol. The van der Waals surface area contributed by atoms with Crippen LogP contribution in [0, 0.1) is 0 Å². The zero-order valence-corrected chi connectivity index (χ0v) is 7.87. The van der Waals surface area contributed by atoms with E-state index in [2.05, 4.69) is 27.5 Å². The topological polar surface area (TPSA) is 17.8 Å². The molecule has 58 valence electrons. The van der Waals surface area contributed by atoms with Gasteiger partial charge in [0, 0.05) is 6.20 Å². The normalized spacial score (nSPS) is 10.7. The zero-order chi connectivity index (χ0) is 8.27. The van der Waals surface area contributed by atoms with Crippen LogP contribution in [-0.4, -0.2) is 9.55 Å². The standard InChI is InChI=1S/C8H9BrN2/c1-3-5-11-7(9)6-10-8(11)4-2/h3-6H,2H2,1H3/b5-3-. The lowest BCUT2D eigenvalue weighted by Crippen LogP contribution is -1.88. The van der Waals surface area contributed by atoms with E-state index in [1.54, 1.807) is 12.3 Å². The van der Waals surface area contributed by atoms with E-state index in [0.717, 1.165) is 10.4 Å². The maximum absolute atomic E-state index is 4.10. The Balaban J connectivity index is 3.17. The Morgan fingerprint density at radius 3 is 3.00 bits per heavy atom. The van der Waals surface area contributed by atoms with Crippen molar-refractivity contribution in [3.8, 4) is 0 Å². The van der Waals surface area contributed by atoms with E-state index in [1.165, 1.54) is 0 Å². The summed E-state index contributed by atoms with van der Waals surface area (Å²) in [5, 5.41) is 0. The molecule has 0 aliphatic rings. The van der Waals surface area contributed by atoms with Crippen molar-refractivity contribution in [3.05, 3.63) is 29.3 Å². The van der Waals surface area contributed by atoms with Crippen molar-refractivity contribution in [2.24, 2.45) is 0 Å². The number of nitrogens with zero attached hydrogens (tertiary/aromatic N) is 2. The average Bonchev–Trinajstić information content (AvgIpc) is 2.34. The average molecular weight is 213 g/mol. The number of hydrogen-bond acceptors (Lipinski definition) is 1. The van der Waals surface area contributed by atoms with Gasteiger partial charge in [-0.25, -0.2) is 4.98 Å². The van der Waals surface area contributed by atoms with Crippen molar-refractivity contribution >= 4 is 28.2 Å². The smallest absolute Gasteiger partial charge is 0.136 e. The summed E-state index contributed by atoms with van der Waals surface area (Å²) in [6.45, 7) is 5.61. The van der Waals surface area contributed by atoms with E-state index >= 15 is 0 Å². The number of halogens is 1. The van der Waals surface area contributed by atoms with Crippen molar-refractivity contribution in [2.75, 3.05) is 0 Å². The van der Waals surface area contributed by atoms with Crippen molar-refractivity contribution in [2.45, 2.75) is 6.92 Å². The van der Waals surface area contributed by atoms with Gasteiger partial charge in [0.15, 0.2) is 0 Å². The third kappa shape index (κ3) is 1.60. The summed E-state index contributed by atoms with van der Waals surface area (Å²) < 4.78 is 2.85. The van der Waals surface area contributed by atoms with Crippen LogP contribution in [0.25, 0.3) is 12.3 Å². The van der Waals surface area contributed by atoms with Crippen LogP contribution in [0.3, 0.4) is 0 Å². The molecule has 0 spiro atoms. The van der Waals surface area contributed by atoms with Crippen molar-refractivity contribution in [1.29, 1.82) is 0 Å². The van der Waals surface area contributed by atoms with Gasteiger partial charge in [0.25, 0.3) is 0 Å². The minimum atomic E-state index is 0.843. The number of hydrogen-bond donors (Lipinski definition) is 0. The van der Waals surface area contributed by atoms with Crippen molar-refractivity contribution in [1.82, 2.24) is 9.55 Å². The summed E-state index contributed by atoms with van der Waals surface area (Å²) in [4.78, 5) is 4.10. The predicted octanol–water partition coefficient (Wildman–Crippen LogP) is 2.78. The molecular formula is C8H9BrN2. The Hall–Kier alpha value is -0.830. The first-order chi connectivity index (χ1) is 5.29. The Morgan fingerprint density at radius 2 is 2.45 bits per heavy atom. The minimum Gasteiger partial charge on any atom is -0.295 e. The maximum atomic E-state index is 4.10. The second-order valence-electron chi connectivity index (χ2n) is 2.00. The van der Waals surface area contributed by atoms with Gasteiger partial charge < -0.3 is 0 Å². The molecule has 11 heavy (non-hydrogen) atoms. The molecule has 0 fully saturated rings. The van der Waals surface area contributed by atoms with Gasteiger partial charge in [-0.1, -0.05) is 12.7 Å². The molecule has 0 atom stereocenters. The second-order valence-corrected chi connectivity index (χ2v) is 2.81. The van der Waals surface area contributed by atoms with Crippen LogP contribution in [0.1, 0.15) is 12.7 Å². The molecular weight excluding hydrogens is 204 g/mol. The summed E-state index contributed by atoms with van der Waals surface area (Å²) in [5.41, 5.74) is 0. The first kappa shape index (κ1) is 8.27. The van der Waals surface area contributed by atoms with Crippen LogP contribution in [0.15, 0.2) is 23.5 Å². The fourth-order valence-electron chi connectivity index (χ4n) is 0.801. The zero-order valence-electron chi connectivity index (χ0n) is 6.29. The molecule has 1 heterocycles. The van der Waals surface area contributed by atoms with E-state index in [9.17, 15) is 0 Å². The number of rotatable bonds is 2. The maximum Gasteiger partial charge on any atom is 0.136 e. The number of imidazole rings is 1. The second kappa shape index (κ2) is 3.53. The minimum absolute atomic E-state index is 0.843. The highest BCUT2D eigenvalue weighted by atomic mass is 79.9. The van der Waals surface area contributed by atoms with Gasteiger partial charge in [-0.2, -0.15) is 0 Å². The van der Waals surface area contributed by atoms with E-state index in [-0.39, 0.29) is 0 Å². The molecule has 2 nitrogen and oxygen atoms in total. The molecule has 0 N–H and O–H groups in total. The quantitative estimate of drug-likeness (QED) is 0.738. The van der Waals surface area contributed by atoms with E-state index in [0.29, 0.717) is 0 Å². The third-order valence-electron chi connectivity index (χ3n) is 1.26. The van der Waals surface area contributed by atoms with Crippen molar-refractivity contribution < 1.29 is 0 Å². The Morgan fingerprint density at radius 1 is 1.73 bits per heavy atom. The molecule has 0 radical (unpaired) electrons. The highest BCUT2D eigenvalue weighted by Gasteiger charge is 1.99. The summed E-state index contributed by atoms with van der Waals surface area (Å²) in [7, 11) is 0. The molecule has 0 unspecified atom stereocenters. The van der Waals surface area contributed by atoms with Crippen LogP contribution in [0.2, 0.25) is 0 Å². The van der Waals surface area contributed by atoms with Gasteiger partial charge in [-0.3, -0.25) is 4.57 Å². The summed E-state index contributed by atoms with van der Waals surface area (Å²) in [6.07, 6.45) is 7.33. The molecule has 0 saturated heterocycles.